The number of carbonyl (C=O) groups excluding carboxylic acids is 2. The maximum atomic E-state index is 11.5. The van der Waals surface area contributed by atoms with Crippen molar-refractivity contribution in [1.82, 2.24) is 0 Å². The smallest absolute Gasteiger partial charge is 0.339 e. The molecule has 4 N–H and O–H groups in total. The molecule has 2 aromatic rings. The zero-order valence-electron chi connectivity index (χ0n) is 13.0. The van der Waals surface area contributed by atoms with Crippen LogP contribution < -0.4 is 11.5 Å². The van der Waals surface area contributed by atoms with Gasteiger partial charge in [-0.1, -0.05) is 36.4 Å². The van der Waals surface area contributed by atoms with E-state index in [0.29, 0.717) is 11.1 Å². The Kier molecular flexibility index (Phi) is 6.24. The molecule has 0 fully saturated rings. The highest BCUT2D eigenvalue weighted by molar-refractivity contribution is 5.90. The molecular weight excluding hydrogens is 308 g/mol. The minimum atomic E-state index is -0.451. The molecule has 0 saturated carbocycles. The highest BCUT2D eigenvalue weighted by Crippen LogP contribution is 2.12. The van der Waals surface area contributed by atoms with Gasteiger partial charge in [-0.25, -0.2) is 9.59 Å². The number of hydrogen-bond acceptors (Lipinski definition) is 6. The van der Waals surface area contributed by atoms with E-state index in [4.69, 9.17) is 20.9 Å². The fraction of sp³-hybridized carbons (Fsp3) is 0.111. The number of esters is 2. The highest BCUT2D eigenvalue weighted by atomic mass is 16.5. The Morgan fingerprint density at radius 2 is 1.04 bits per heavy atom. The van der Waals surface area contributed by atoms with E-state index < -0.39 is 11.9 Å². The first-order valence-electron chi connectivity index (χ1n) is 7.26. The number of benzene rings is 2. The van der Waals surface area contributed by atoms with E-state index in [2.05, 4.69) is 0 Å². The second-order valence-electron chi connectivity index (χ2n) is 4.77. The number of ether oxygens (including phenoxy) is 2. The minimum Gasteiger partial charge on any atom is -0.446 e. The van der Waals surface area contributed by atoms with Crippen molar-refractivity contribution in [2.24, 2.45) is 11.5 Å². The zero-order valence-corrected chi connectivity index (χ0v) is 13.0. The fourth-order valence-electron chi connectivity index (χ4n) is 1.97. The Hall–Kier alpha value is -2.96. The van der Waals surface area contributed by atoms with E-state index >= 15 is 0 Å². The average Bonchev–Trinajstić information content (AvgIpc) is 2.61. The summed E-state index contributed by atoms with van der Waals surface area (Å²) >= 11 is 0. The molecule has 0 aliphatic carbocycles. The molecule has 0 spiro atoms. The third-order valence-corrected chi connectivity index (χ3v) is 3.19. The van der Waals surface area contributed by atoms with Gasteiger partial charge in [-0.3, -0.25) is 11.5 Å². The van der Waals surface area contributed by atoms with Crippen LogP contribution in [-0.2, 0) is 9.47 Å². The van der Waals surface area contributed by atoms with Crippen molar-refractivity contribution in [3.8, 4) is 0 Å². The van der Waals surface area contributed by atoms with E-state index in [1.165, 1.54) is 0 Å². The van der Waals surface area contributed by atoms with Gasteiger partial charge < -0.3 is 9.47 Å². The number of hydrogen-bond donors (Lipinski definition) is 2. The third-order valence-electron chi connectivity index (χ3n) is 3.19. The Morgan fingerprint density at radius 1 is 0.708 bits per heavy atom. The lowest BCUT2D eigenvalue weighted by Gasteiger charge is -2.02. The van der Waals surface area contributed by atoms with Crippen molar-refractivity contribution >= 4 is 24.1 Å². The van der Waals surface area contributed by atoms with Crippen LogP contribution in [0.15, 0.2) is 48.5 Å². The topological polar surface area (TPSA) is 105 Å². The SMILES string of the molecule is NCOC(=O)c1ccc(/C=C/c2ccc(C(=O)OCN)cc2)cc1. The van der Waals surface area contributed by atoms with Crippen LogP contribution in [0.5, 0.6) is 0 Å². The monoisotopic (exact) mass is 326 g/mol. The van der Waals surface area contributed by atoms with Crippen LogP contribution in [0.25, 0.3) is 12.2 Å². The van der Waals surface area contributed by atoms with Crippen molar-refractivity contribution in [3.05, 3.63) is 70.8 Å². The molecule has 6 nitrogen and oxygen atoms in total. The van der Waals surface area contributed by atoms with Gasteiger partial charge in [-0.2, -0.15) is 0 Å². The molecule has 124 valence electrons. The Labute approximate surface area is 139 Å². The summed E-state index contributed by atoms with van der Waals surface area (Å²) in [4.78, 5) is 23.0. The van der Waals surface area contributed by atoms with Gasteiger partial charge in [0.15, 0.2) is 0 Å². The summed E-state index contributed by atoms with van der Waals surface area (Å²) in [7, 11) is 0. The zero-order chi connectivity index (χ0) is 17.4. The van der Waals surface area contributed by atoms with Crippen LogP contribution in [0.3, 0.4) is 0 Å². The summed E-state index contributed by atoms with van der Waals surface area (Å²) in [6.45, 7) is -0.287. The van der Waals surface area contributed by atoms with Crippen molar-refractivity contribution in [2.75, 3.05) is 13.5 Å². The molecule has 24 heavy (non-hydrogen) atoms. The van der Waals surface area contributed by atoms with E-state index in [1.807, 2.05) is 12.2 Å². The summed E-state index contributed by atoms with van der Waals surface area (Å²) in [5, 5.41) is 0. The molecule has 0 atom stereocenters. The van der Waals surface area contributed by atoms with Gasteiger partial charge in [0, 0.05) is 0 Å². The first kappa shape index (κ1) is 17.4. The summed E-state index contributed by atoms with van der Waals surface area (Å²) in [5.41, 5.74) is 13.1. The summed E-state index contributed by atoms with van der Waals surface area (Å²) in [5.74, 6) is -0.902. The van der Waals surface area contributed by atoms with E-state index in [0.717, 1.165) is 11.1 Å². The molecule has 0 amide bonds. The van der Waals surface area contributed by atoms with Gasteiger partial charge in [0.2, 0.25) is 0 Å². The number of nitrogens with two attached hydrogens (primary N) is 2. The molecule has 6 heteroatoms. The quantitative estimate of drug-likeness (QED) is 0.478. The molecular formula is C18H18N2O4. The molecule has 2 aromatic carbocycles. The molecule has 2 rings (SSSR count). The largest absolute Gasteiger partial charge is 0.446 e. The third kappa shape index (κ3) is 4.77. The molecule has 0 heterocycles. The van der Waals surface area contributed by atoms with Crippen molar-refractivity contribution in [3.63, 3.8) is 0 Å². The maximum Gasteiger partial charge on any atom is 0.339 e. The molecule has 0 bridgehead atoms. The first-order chi connectivity index (χ1) is 11.6. The predicted octanol–water partition coefficient (Wildman–Crippen LogP) is 2.00. The van der Waals surface area contributed by atoms with Crippen LogP contribution in [-0.4, -0.2) is 25.4 Å². The summed E-state index contributed by atoms with van der Waals surface area (Å²) < 4.78 is 9.44. The lowest BCUT2D eigenvalue weighted by Crippen LogP contribution is -2.11. The van der Waals surface area contributed by atoms with Gasteiger partial charge in [0.25, 0.3) is 0 Å². The summed E-state index contributed by atoms with van der Waals surface area (Å²) in [6, 6.07) is 13.9. The maximum absolute atomic E-state index is 11.5. The van der Waals surface area contributed by atoms with Crippen molar-refractivity contribution in [2.45, 2.75) is 0 Å². The molecule has 0 aromatic heterocycles. The van der Waals surface area contributed by atoms with Gasteiger partial charge in [-0.15, -0.1) is 0 Å². The van der Waals surface area contributed by atoms with Crippen LogP contribution in [0, 0.1) is 0 Å². The fourth-order valence-corrected chi connectivity index (χ4v) is 1.97. The minimum absolute atomic E-state index is 0.144. The Morgan fingerprint density at radius 3 is 1.33 bits per heavy atom. The van der Waals surface area contributed by atoms with Gasteiger partial charge in [0.05, 0.1) is 11.1 Å². The summed E-state index contributed by atoms with van der Waals surface area (Å²) in [6.07, 6.45) is 3.79. The van der Waals surface area contributed by atoms with Crippen LogP contribution >= 0.6 is 0 Å². The van der Waals surface area contributed by atoms with E-state index in [-0.39, 0.29) is 13.5 Å². The molecule has 0 aliphatic rings. The highest BCUT2D eigenvalue weighted by Gasteiger charge is 2.06. The first-order valence-corrected chi connectivity index (χ1v) is 7.26. The second-order valence-corrected chi connectivity index (χ2v) is 4.77. The Bertz CT molecular complexity index is 658. The van der Waals surface area contributed by atoms with Crippen molar-refractivity contribution < 1.29 is 19.1 Å². The van der Waals surface area contributed by atoms with Crippen LogP contribution in [0.2, 0.25) is 0 Å². The molecule has 0 unspecified atom stereocenters. The molecule has 0 aliphatic heterocycles. The van der Waals surface area contributed by atoms with Crippen LogP contribution in [0.4, 0.5) is 0 Å². The normalized spacial score (nSPS) is 10.6. The van der Waals surface area contributed by atoms with E-state index in [1.54, 1.807) is 48.5 Å². The standard InChI is InChI=1S/C18H18N2O4/c19-11-23-17(21)15-7-3-13(4-8-15)1-2-14-5-9-16(10-6-14)18(22)24-12-20/h1-10H,11-12,19-20H2/b2-1+. The molecule has 0 saturated heterocycles. The van der Waals surface area contributed by atoms with E-state index in [9.17, 15) is 9.59 Å². The lowest BCUT2D eigenvalue weighted by molar-refractivity contribution is 0.0505. The van der Waals surface area contributed by atoms with Crippen LogP contribution in [0.1, 0.15) is 31.8 Å². The average molecular weight is 326 g/mol. The van der Waals surface area contributed by atoms with Gasteiger partial charge >= 0.3 is 11.9 Å². The number of rotatable bonds is 6. The van der Waals surface area contributed by atoms with Gasteiger partial charge in [-0.05, 0) is 35.4 Å². The predicted molar refractivity (Wildman–Crippen MR) is 90.8 cm³/mol. The van der Waals surface area contributed by atoms with Crippen molar-refractivity contribution in [1.29, 1.82) is 0 Å². The molecule has 0 radical (unpaired) electrons. The number of carbonyl (C=O) groups is 2. The second kappa shape index (κ2) is 8.61. The Balaban J connectivity index is 2.02. The van der Waals surface area contributed by atoms with Gasteiger partial charge in [0.1, 0.15) is 13.5 Å². The lowest BCUT2D eigenvalue weighted by atomic mass is 10.1.